The number of amides is 1. The number of benzene rings is 1. The lowest BCUT2D eigenvalue weighted by Gasteiger charge is -2.29. The molecule has 5 nitrogen and oxygen atoms in total. The van der Waals surface area contributed by atoms with Crippen molar-refractivity contribution in [1.82, 2.24) is 4.90 Å². The summed E-state index contributed by atoms with van der Waals surface area (Å²) in [5.41, 5.74) is 4.18. The van der Waals surface area contributed by atoms with Gasteiger partial charge >= 0.3 is 0 Å². The van der Waals surface area contributed by atoms with Crippen molar-refractivity contribution < 1.29 is 9.59 Å². The number of carbonyl (C=O) groups excluding carboxylic acids is 2. The van der Waals surface area contributed by atoms with Gasteiger partial charge in [0, 0.05) is 28.2 Å². The van der Waals surface area contributed by atoms with Gasteiger partial charge in [0.1, 0.15) is 6.29 Å². The second kappa shape index (κ2) is 7.11. The Morgan fingerprint density at radius 2 is 1.71 bits per heavy atom. The van der Waals surface area contributed by atoms with E-state index in [0.29, 0.717) is 13.1 Å². The van der Waals surface area contributed by atoms with Gasteiger partial charge in [0.05, 0.1) is 24.5 Å². The van der Waals surface area contributed by atoms with Crippen molar-refractivity contribution in [3.05, 3.63) is 23.3 Å². The summed E-state index contributed by atoms with van der Waals surface area (Å²) in [6.45, 7) is 4.68. The van der Waals surface area contributed by atoms with Crippen molar-refractivity contribution >= 4 is 23.6 Å². The van der Waals surface area contributed by atoms with Crippen molar-refractivity contribution in [1.29, 1.82) is 0 Å². The van der Waals surface area contributed by atoms with E-state index in [4.69, 9.17) is 0 Å². The first-order chi connectivity index (χ1) is 9.77. The Morgan fingerprint density at radius 3 is 2.24 bits per heavy atom. The topological polar surface area (TPSA) is 43.9 Å². The number of anilines is 2. The Morgan fingerprint density at radius 1 is 1.10 bits per heavy atom. The molecule has 0 radical (unpaired) electrons. The summed E-state index contributed by atoms with van der Waals surface area (Å²) in [6.07, 6.45) is 0.881. The average Bonchev–Trinajstić information content (AvgIpc) is 2.37. The maximum Gasteiger partial charge on any atom is 0.241 e. The van der Waals surface area contributed by atoms with Gasteiger partial charge in [0.25, 0.3) is 0 Å². The Labute approximate surface area is 127 Å². The molecule has 0 N–H and O–H groups in total. The zero-order valence-electron chi connectivity index (χ0n) is 13.8. The Bertz CT molecular complexity index is 526. The van der Waals surface area contributed by atoms with E-state index in [2.05, 4.69) is 6.07 Å². The quantitative estimate of drug-likeness (QED) is 0.744. The van der Waals surface area contributed by atoms with E-state index in [1.54, 1.807) is 19.0 Å². The van der Waals surface area contributed by atoms with E-state index in [1.807, 2.05) is 43.8 Å². The van der Waals surface area contributed by atoms with Gasteiger partial charge in [0.2, 0.25) is 5.91 Å². The zero-order chi connectivity index (χ0) is 16.2. The Balaban J connectivity index is 3.20. The summed E-state index contributed by atoms with van der Waals surface area (Å²) in [7, 11) is 7.28. The number of hydrogen-bond donors (Lipinski definition) is 0. The van der Waals surface area contributed by atoms with Gasteiger partial charge in [-0.3, -0.25) is 4.79 Å². The van der Waals surface area contributed by atoms with E-state index in [0.717, 1.165) is 28.8 Å². The number of aryl methyl sites for hydroxylation is 2. The third kappa shape index (κ3) is 4.21. The van der Waals surface area contributed by atoms with E-state index in [1.165, 1.54) is 0 Å². The molecule has 0 aliphatic rings. The van der Waals surface area contributed by atoms with Crippen LogP contribution in [0.1, 0.15) is 11.1 Å². The molecule has 1 aromatic carbocycles. The first kappa shape index (κ1) is 17.0. The van der Waals surface area contributed by atoms with Crippen LogP contribution in [0.2, 0.25) is 0 Å². The first-order valence-electron chi connectivity index (χ1n) is 6.95. The molecule has 0 heterocycles. The molecule has 0 bridgehead atoms. The molecule has 0 aromatic heterocycles. The standard InChI is InChI=1S/C16H25N3O2/c1-12-9-13(2)16(14(10-12)18(5)7-8-20)19(6)11-15(21)17(3)4/h8-10H,7,11H2,1-6H3. The van der Waals surface area contributed by atoms with Gasteiger partial charge in [-0.1, -0.05) is 6.07 Å². The monoisotopic (exact) mass is 291 g/mol. The van der Waals surface area contributed by atoms with Crippen LogP contribution in [-0.2, 0) is 9.59 Å². The van der Waals surface area contributed by atoms with Gasteiger partial charge in [-0.25, -0.2) is 0 Å². The molecular formula is C16H25N3O2. The summed E-state index contributed by atoms with van der Waals surface area (Å²) < 4.78 is 0. The molecule has 0 fully saturated rings. The van der Waals surface area contributed by atoms with Crippen LogP contribution >= 0.6 is 0 Å². The van der Waals surface area contributed by atoms with Crippen LogP contribution in [0, 0.1) is 13.8 Å². The average molecular weight is 291 g/mol. The van der Waals surface area contributed by atoms with Crippen molar-refractivity contribution in [2.24, 2.45) is 0 Å². The summed E-state index contributed by atoms with van der Waals surface area (Å²) in [5.74, 6) is 0.0430. The second-order valence-electron chi connectivity index (χ2n) is 5.64. The number of nitrogens with zero attached hydrogens (tertiary/aromatic N) is 3. The lowest BCUT2D eigenvalue weighted by atomic mass is 10.1. The lowest BCUT2D eigenvalue weighted by Crippen LogP contribution is -2.35. The largest absolute Gasteiger partial charge is 0.366 e. The highest BCUT2D eigenvalue weighted by Crippen LogP contribution is 2.32. The third-order valence-electron chi connectivity index (χ3n) is 3.44. The molecule has 1 rings (SSSR count). The van der Waals surface area contributed by atoms with E-state index >= 15 is 0 Å². The van der Waals surface area contributed by atoms with Gasteiger partial charge < -0.3 is 19.5 Å². The molecule has 0 saturated carbocycles. The highest BCUT2D eigenvalue weighted by Gasteiger charge is 2.17. The second-order valence-corrected chi connectivity index (χ2v) is 5.64. The maximum absolute atomic E-state index is 11.9. The van der Waals surface area contributed by atoms with Gasteiger partial charge in [-0.05, 0) is 31.0 Å². The number of aldehydes is 1. The molecule has 0 spiro atoms. The maximum atomic E-state index is 11.9. The van der Waals surface area contributed by atoms with Crippen molar-refractivity contribution in [2.45, 2.75) is 13.8 Å². The number of likely N-dealkylation sites (N-methyl/N-ethyl adjacent to an activating group) is 3. The number of rotatable bonds is 6. The molecule has 0 aliphatic heterocycles. The predicted octanol–water partition coefficient (Wildman–Crippen LogP) is 1.46. The minimum absolute atomic E-state index is 0.0430. The number of carbonyl (C=O) groups is 2. The van der Waals surface area contributed by atoms with Gasteiger partial charge in [-0.15, -0.1) is 0 Å². The third-order valence-corrected chi connectivity index (χ3v) is 3.44. The Hall–Kier alpha value is -2.04. The zero-order valence-corrected chi connectivity index (χ0v) is 13.8. The minimum Gasteiger partial charge on any atom is -0.366 e. The van der Waals surface area contributed by atoms with E-state index < -0.39 is 0 Å². The molecule has 0 unspecified atom stereocenters. The molecule has 0 aliphatic carbocycles. The molecular weight excluding hydrogens is 266 g/mol. The van der Waals surface area contributed by atoms with E-state index in [-0.39, 0.29) is 5.91 Å². The summed E-state index contributed by atoms with van der Waals surface area (Å²) in [4.78, 5) is 28.1. The molecule has 21 heavy (non-hydrogen) atoms. The van der Waals surface area contributed by atoms with Crippen molar-refractivity contribution in [3.63, 3.8) is 0 Å². The molecule has 0 atom stereocenters. The summed E-state index contributed by atoms with van der Waals surface area (Å²) in [6, 6.07) is 4.13. The molecule has 0 saturated heterocycles. The molecule has 1 aromatic rings. The highest BCUT2D eigenvalue weighted by atomic mass is 16.2. The van der Waals surface area contributed by atoms with Crippen molar-refractivity contribution in [3.8, 4) is 0 Å². The van der Waals surface area contributed by atoms with Crippen LogP contribution in [-0.4, -0.2) is 58.4 Å². The van der Waals surface area contributed by atoms with Gasteiger partial charge in [-0.2, -0.15) is 0 Å². The fourth-order valence-electron chi connectivity index (χ4n) is 2.36. The molecule has 5 heteroatoms. The molecule has 116 valence electrons. The predicted molar refractivity (Wildman–Crippen MR) is 87.2 cm³/mol. The first-order valence-corrected chi connectivity index (χ1v) is 6.95. The number of hydrogen-bond acceptors (Lipinski definition) is 4. The Kier molecular flexibility index (Phi) is 5.76. The van der Waals surface area contributed by atoms with Crippen LogP contribution in [0.4, 0.5) is 11.4 Å². The molecule has 1 amide bonds. The fraction of sp³-hybridized carbons (Fsp3) is 0.500. The lowest BCUT2D eigenvalue weighted by molar-refractivity contribution is -0.127. The van der Waals surface area contributed by atoms with Crippen LogP contribution in [0.15, 0.2) is 12.1 Å². The van der Waals surface area contributed by atoms with Crippen LogP contribution in [0.3, 0.4) is 0 Å². The SMILES string of the molecule is Cc1cc(C)c(N(C)CC(=O)N(C)C)c(N(C)CC=O)c1. The van der Waals surface area contributed by atoms with Crippen LogP contribution in [0.25, 0.3) is 0 Å². The van der Waals surface area contributed by atoms with Crippen LogP contribution in [0.5, 0.6) is 0 Å². The highest BCUT2D eigenvalue weighted by molar-refractivity contribution is 5.85. The van der Waals surface area contributed by atoms with E-state index in [9.17, 15) is 9.59 Å². The summed E-state index contributed by atoms with van der Waals surface area (Å²) >= 11 is 0. The van der Waals surface area contributed by atoms with Gasteiger partial charge in [0.15, 0.2) is 0 Å². The van der Waals surface area contributed by atoms with Crippen molar-refractivity contribution in [2.75, 3.05) is 51.1 Å². The summed E-state index contributed by atoms with van der Waals surface area (Å²) in [5, 5.41) is 0. The smallest absolute Gasteiger partial charge is 0.241 e. The normalized spacial score (nSPS) is 10.2. The minimum atomic E-state index is 0.0430. The van der Waals surface area contributed by atoms with Crippen LogP contribution < -0.4 is 9.80 Å². The fourth-order valence-corrected chi connectivity index (χ4v) is 2.36.